The standard InChI is InChI=1S/C21H22FN3O3/c1-14-3-5-15(6-4-14)20(26)25-11-9-21(10-12-25)23-19(24-28-21)16-7-8-18(27-2)17(22)13-16/h3-8,13H,9-12H2,1-2H3,(H,23,24). The third kappa shape index (κ3) is 3.45. The monoisotopic (exact) mass is 383 g/mol. The number of nitrogens with one attached hydrogen (secondary N) is 1. The number of hydroxylamine groups is 1. The van der Waals surface area contributed by atoms with Crippen molar-refractivity contribution >= 4 is 11.7 Å². The zero-order valence-electron chi connectivity index (χ0n) is 15.9. The first-order valence-corrected chi connectivity index (χ1v) is 9.23. The van der Waals surface area contributed by atoms with Gasteiger partial charge < -0.3 is 9.64 Å². The zero-order chi connectivity index (χ0) is 19.7. The SMILES string of the molecule is COc1ccc(C2=NC3(CCN(C(=O)c4ccc(C)cc4)CC3)ON2)cc1F. The minimum atomic E-state index is -0.726. The number of carbonyl (C=O) groups excluding carboxylic acids is 1. The third-order valence-electron chi connectivity index (χ3n) is 5.21. The van der Waals surface area contributed by atoms with Gasteiger partial charge in [-0.15, -0.1) is 0 Å². The summed E-state index contributed by atoms with van der Waals surface area (Å²) in [6.07, 6.45) is 1.14. The summed E-state index contributed by atoms with van der Waals surface area (Å²) < 4.78 is 18.9. The predicted molar refractivity (Wildman–Crippen MR) is 103 cm³/mol. The lowest BCUT2D eigenvalue weighted by Gasteiger charge is -2.35. The number of hydrogen-bond acceptors (Lipinski definition) is 5. The summed E-state index contributed by atoms with van der Waals surface area (Å²) in [5.74, 6) is 0.229. The topological polar surface area (TPSA) is 63.2 Å². The van der Waals surface area contributed by atoms with E-state index in [2.05, 4.69) is 10.5 Å². The molecule has 0 saturated carbocycles. The Labute approximate surface area is 162 Å². The van der Waals surface area contributed by atoms with E-state index in [4.69, 9.17) is 9.57 Å². The summed E-state index contributed by atoms with van der Waals surface area (Å²) >= 11 is 0. The number of carbonyl (C=O) groups is 1. The van der Waals surface area contributed by atoms with Crippen LogP contribution in [0.3, 0.4) is 0 Å². The molecule has 4 rings (SSSR count). The minimum absolute atomic E-state index is 0.0160. The van der Waals surface area contributed by atoms with Crippen molar-refractivity contribution in [1.29, 1.82) is 0 Å². The second-order valence-electron chi connectivity index (χ2n) is 7.12. The van der Waals surface area contributed by atoms with E-state index in [0.29, 0.717) is 42.9 Å². The summed E-state index contributed by atoms with van der Waals surface area (Å²) in [6, 6.07) is 12.2. The molecule has 1 N–H and O–H groups in total. The highest BCUT2D eigenvalue weighted by molar-refractivity contribution is 5.99. The number of benzene rings is 2. The van der Waals surface area contributed by atoms with Gasteiger partial charge in [0.05, 0.1) is 7.11 Å². The Kier molecular flexibility index (Phi) is 4.77. The van der Waals surface area contributed by atoms with Crippen LogP contribution >= 0.6 is 0 Å². The van der Waals surface area contributed by atoms with Gasteiger partial charge in [0, 0.05) is 37.1 Å². The molecule has 28 heavy (non-hydrogen) atoms. The second-order valence-corrected chi connectivity index (χ2v) is 7.12. The van der Waals surface area contributed by atoms with Crippen molar-refractivity contribution < 1.29 is 18.8 Å². The van der Waals surface area contributed by atoms with Crippen LogP contribution in [0.1, 0.15) is 34.3 Å². The zero-order valence-corrected chi connectivity index (χ0v) is 15.9. The lowest BCUT2D eigenvalue weighted by molar-refractivity contribution is -0.0849. The van der Waals surface area contributed by atoms with Crippen molar-refractivity contribution in [1.82, 2.24) is 10.4 Å². The van der Waals surface area contributed by atoms with Crippen LogP contribution in [-0.2, 0) is 4.84 Å². The molecule has 6 nitrogen and oxygen atoms in total. The van der Waals surface area contributed by atoms with Crippen molar-refractivity contribution in [3.63, 3.8) is 0 Å². The first kappa shape index (κ1) is 18.4. The number of rotatable bonds is 3. The van der Waals surface area contributed by atoms with E-state index >= 15 is 0 Å². The Morgan fingerprint density at radius 2 is 1.93 bits per heavy atom. The van der Waals surface area contributed by atoms with Gasteiger partial charge in [-0.2, -0.15) is 0 Å². The average molecular weight is 383 g/mol. The van der Waals surface area contributed by atoms with Crippen molar-refractivity contribution in [3.05, 3.63) is 65.0 Å². The van der Waals surface area contributed by atoms with Gasteiger partial charge in [0.1, 0.15) is 0 Å². The van der Waals surface area contributed by atoms with Crippen LogP contribution in [0.25, 0.3) is 0 Å². The van der Waals surface area contributed by atoms with Gasteiger partial charge in [0.15, 0.2) is 23.1 Å². The number of ether oxygens (including phenoxy) is 1. The maximum Gasteiger partial charge on any atom is 0.253 e. The van der Waals surface area contributed by atoms with Crippen LogP contribution in [0, 0.1) is 12.7 Å². The fourth-order valence-electron chi connectivity index (χ4n) is 3.48. The normalized spacial score (nSPS) is 18.0. The molecular weight excluding hydrogens is 361 g/mol. The Hall–Kier alpha value is -2.93. The van der Waals surface area contributed by atoms with Gasteiger partial charge in [-0.25, -0.2) is 19.7 Å². The minimum Gasteiger partial charge on any atom is -0.494 e. The number of likely N-dealkylation sites (tertiary alicyclic amines) is 1. The van der Waals surface area contributed by atoms with E-state index in [-0.39, 0.29) is 11.7 Å². The quantitative estimate of drug-likeness (QED) is 0.885. The molecule has 0 radical (unpaired) electrons. The molecule has 1 spiro atoms. The van der Waals surface area contributed by atoms with E-state index in [1.54, 1.807) is 12.1 Å². The molecule has 2 aliphatic heterocycles. The van der Waals surface area contributed by atoms with Crippen molar-refractivity contribution in [2.45, 2.75) is 25.5 Å². The van der Waals surface area contributed by atoms with Gasteiger partial charge in [-0.05, 0) is 37.3 Å². The van der Waals surface area contributed by atoms with E-state index in [1.165, 1.54) is 13.2 Å². The highest BCUT2D eigenvalue weighted by Gasteiger charge is 2.41. The number of amidine groups is 1. The van der Waals surface area contributed by atoms with Crippen LogP contribution in [0.5, 0.6) is 5.75 Å². The highest BCUT2D eigenvalue weighted by atomic mass is 19.1. The molecule has 0 aromatic heterocycles. The van der Waals surface area contributed by atoms with Crippen molar-refractivity contribution in [2.75, 3.05) is 20.2 Å². The number of nitrogens with zero attached hydrogens (tertiary/aromatic N) is 2. The first-order valence-electron chi connectivity index (χ1n) is 9.23. The lowest BCUT2D eigenvalue weighted by atomic mass is 10.00. The smallest absolute Gasteiger partial charge is 0.253 e. The molecule has 0 unspecified atom stereocenters. The van der Waals surface area contributed by atoms with Crippen molar-refractivity contribution in [2.24, 2.45) is 4.99 Å². The number of halogens is 1. The number of aliphatic imine (C=N–C) groups is 1. The van der Waals surface area contributed by atoms with Gasteiger partial charge in [0.2, 0.25) is 0 Å². The number of hydrogen-bond donors (Lipinski definition) is 1. The third-order valence-corrected chi connectivity index (χ3v) is 5.21. The molecule has 146 valence electrons. The molecule has 1 amide bonds. The molecule has 2 aliphatic rings. The van der Waals surface area contributed by atoms with Crippen LogP contribution in [0.4, 0.5) is 4.39 Å². The Morgan fingerprint density at radius 3 is 2.57 bits per heavy atom. The fraction of sp³-hybridized carbons (Fsp3) is 0.333. The van der Waals surface area contributed by atoms with Gasteiger partial charge in [-0.3, -0.25) is 4.79 Å². The van der Waals surface area contributed by atoms with Crippen LogP contribution in [0.2, 0.25) is 0 Å². The van der Waals surface area contributed by atoms with Gasteiger partial charge in [-0.1, -0.05) is 17.7 Å². The molecule has 2 heterocycles. The molecule has 7 heteroatoms. The Bertz CT molecular complexity index is 919. The first-order chi connectivity index (χ1) is 13.5. The maximum absolute atomic E-state index is 14.0. The van der Waals surface area contributed by atoms with Crippen LogP contribution < -0.4 is 10.2 Å². The summed E-state index contributed by atoms with van der Waals surface area (Å²) in [5, 5.41) is 0. The molecule has 0 atom stereocenters. The number of aryl methyl sites for hydroxylation is 1. The molecule has 1 saturated heterocycles. The molecule has 0 bridgehead atoms. The van der Waals surface area contributed by atoms with E-state index in [9.17, 15) is 9.18 Å². The van der Waals surface area contributed by atoms with Crippen molar-refractivity contribution in [3.8, 4) is 5.75 Å². The number of amides is 1. The second kappa shape index (κ2) is 7.24. The number of piperidine rings is 1. The molecule has 2 aromatic carbocycles. The Balaban J connectivity index is 1.45. The molecule has 2 aromatic rings. The van der Waals surface area contributed by atoms with E-state index in [0.717, 1.165) is 5.56 Å². The van der Waals surface area contributed by atoms with Crippen LogP contribution in [0.15, 0.2) is 47.5 Å². The van der Waals surface area contributed by atoms with Gasteiger partial charge >= 0.3 is 0 Å². The average Bonchev–Trinajstić information content (AvgIpc) is 3.12. The lowest BCUT2D eigenvalue weighted by Crippen LogP contribution is -2.46. The summed E-state index contributed by atoms with van der Waals surface area (Å²) in [6.45, 7) is 3.08. The summed E-state index contributed by atoms with van der Waals surface area (Å²) in [4.78, 5) is 24.9. The molecule has 0 aliphatic carbocycles. The van der Waals surface area contributed by atoms with Gasteiger partial charge in [0.25, 0.3) is 5.91 Å². The Morgan fingerprint density at radius 1 is 1.21 bits per heavy atom. The maximum atomic E-state index is 14.0. The van der Waals surface area contributed by atoms with E-state index < -0.39 is 11.5 Å². The summed E-state index contributed by atoms with van der Waals surface area (Å²) in [5.41, 5.74) is 4.49. The molecule has 1 fully saturated rings. The molecular formula is C21H22FN3O3. The highest BCUT2D eigenvalue weighted by Crippen LogP contribution is 2.32. The number of methoxy groups -OCH3 is 1. The van der Waals surface area contributed by atoms with E-state index in [1.807, 2.05) is 36.1 Å². The predicted octanol–water partition coefficient (Wildman–Crippen LogP) is 3.06. The summed E-state index contributed by atoms with van der Waals surface area (Å²) in [7, 11) is 1.42. The fourth-order valence-corrected chi connectivity index (χ4v) is 3.48. The largest absolute Gasteiger partial charge is 0.494 e. The van der Waals surface area contributed by atoms with Crippen LogP contribution in [-0.4, -0.2) is 42.6 Å².